The lowest BCUT2D eigenvalue weighted by atomic mass is 10.0. The van der Waals surface area contributed by atoms with Gasteiger partial charge in [0.1, 0.15) is 5.75 Å². The number of fused-ring (bicyclic) bond motifs is 1. The van der Waals surface area contributed by atoms with E-state index in [9.17, 15) is 9.90 Å². The molecule has 29 heavy (non-hydrogen) atoms. The van der Waals surface area contributed by atoms with Crippen molar-refractivity contribution >= 4 is 29.4 Å². The number of nitrogens with one attached hydrogen (secondary N) is 1. The maximum atomic E-state index is 13.1. The van der Waals surface area contributed by atoms with E-state index in [1.807, 2.05) is 25.1 Å². The van der Waals surface area contributed by atoms with Crippen LogP contribution in [0.25, 0.3) is 6.08 Å². The zero-order valence-corrected chi connectivity index (χ0v) is 17.3. The highest BCUT2D eigenvalue weighted by atomic mass is 32.2. The molecule has 4 rings (SSSR count). The number of phenols is 1. The van der Waals surface area contributed by atoms with Crippen LogP contribution in [0.5, 0.6) is 5.75 Å². The number of hydrogen-bond acceptors (Lipinski definition) is 3. The van der Waals surface area contributed by atoms with E-state index in [1.165, 1.54) is 16.0 Å². The summed E-state index contributed by atoms with van der Waals surface area (Å²) in [7, 11) is 0. The Morgan fingerprint density at radius 3 is 2.55 bits per heavy atom. The second-order valence-corrected chi connectivity index (χ2v) is 8.63. The summed E-state index contributed by atoms with van der Waals surface area (Å²) >= 11 is 1.80. The van der Waals surface area contributed by atoms with Crippen molar-refractivity contribution in [3.63, 3.8) is 0 Å². The number of carbonyl (C=O) groups excluding carboxylic acids is 1. The number of aromatic hydroxyl groups is 1. The molecule has 1 atom stereocenters. The second kappa shape index (κ2) is 8.18. The van der Waals surface area contributed by atoms with Gasteiger partial charge in [0, 0.05) is 21.4 Å². The fourth-order valence-electron chi connectivity index (χ4n) is 3.46. The van der Waals surface area contributed by atoms with E-state index in [1.54, 1.807) is 30.0 Å². The summed E-state index contributed by atoms with van der Waals surface area (Å²) in [5, 5.41) is 12.8. The Balaban J connectivity index is 1.67. The molecule has 1 heterocycles. The van der Waals surface area contributed by atoms with Crippen LogP contribution in [-0.4, -0.2) is 11.0 Å². The number of rotatable bonds is 3. The third-order valence-electron chi connectivity index (χ3n) is 5.12. The van der Waals surface area contributed by atoms with E-state index in [4.69, 9.17) is 0 Å². The fraction of sp³-hybridized carbons (Fsp3) is 0.160. The summed E-state index contributed by atoms with van der Waals surface area (Å²) < 4.78 is 0. The summed E-state index contributed by atoms with van der Waals surface area (Å²) in [6.07, 6.45) is 2.65. The van der Waals surface area contributed by atoms with Gasteiger partial charge in [-0.2, -0.15) is 0 Å². The number of aryl methyl sites for hydroxylation is 2. The van der Waals surface area contributed by atoms with Gasteiger partial charge in [0.05, 0.1) is 0 Å². The molecular weight excluding hydrogens is 378 g/mol. The van der Waals surface area contributed by atoms with Crippen LogP contribution in [0.15, 0.2) is 77.2 Å². The highest BCUT2D eigenvalue weighted by molar-refractivity contribution is 7.99. The van der Waals surface area contributed by atoms with E-state index in [0.29, 0.717) is 12.1 Å². The molecule has 0 radical (unpaired) electrons. The van der Waals surface area contributed by atoms with Crippen molar-refractivity contribution in [3.8, 4) is 5.75 Å². The molecule has 1 aliphatic rings. The minimum atomic E-state index is -0.104. The molecule has 3 aromatic rings. The van der Waals surface area contributed by atoms with E-state index in [-0.39, 0.29) is 16.9 Å². The van der Waals surface area contributed by atoms with E-state index >= 15 is 0 Å². The topological polar surface area (TPSA) is 49.3 Å². The first kappa shape index (κ1) is 19.3. The van der Waals surface area contributed by atoms with Crippen molar-refractivity contribution in [1.29, 1.82) is 0 Å². The zero-order valence-electron chi connectivity index (χ0n) is 16.5. The van der Waals surface area contributed by atoms with Crippen LogP contribution in [0, 0.1) is 13.8 Å². The number of carbonyl (C=O) groups is 1. The lowest BCUT2D eigenvalue weighted by molar-refractivity contribution is -0.112. The van der Waals surface area contributed by atoms with Gasteiger partial charge in [-0.05, 0) is 67.3 Å². The van der Waals surface area contributed by atoms with Crippen molar-refractivity contribution in [2.24, 2.45) is 0 Å². The molecule has 3 nitrogen and oxygen atoms in total. The molecule has 0 saturated heterocycles. The summed E-state index contributed by atoms with van der Waals surface area (Å²) in [5.41, 5.74) is 5.81. The molecule has 0 bridgehead atoms. The molecule has 0 aromatic heterocycles. The summed E-state index contributed by atoms with van der Waals surface area (Å²) in [6, 6.07) is 21.7. The molecule has 0 aliphatic carbocycles. The van der Waals surface area contributed by atoms with E-state index < -0.39 is 0 Å². The zero-order chi connectivity index (χ0) is 20.4. The first-order chi connectivity index (χ1) is 14.0. The Morgan fingerprint density at radius 1 is 1.03 bits per heavy atom. The molecule has 1 aliphatic heterocycles. The van der Waals surface area contributed by atoms with Crippen LogP contribution in [-0.2, 0) is 4.79 Å². The first-order valence-electron chi connectivity index (χ1n) is 9.63. The fourth-order valence-corrected chi connectivity index (χ4v) is 4.75. The molecule has 0 fully saturated rings. The van der Waals surface area contributed by atoms with Gasteiger partial charge in [0.25, 0.3) is 5.91 Å². The van der Waals surface area contributed by atoms with Gasteiger partial charge in [-0.25, -0.2) is 0 Å². The molecule has 146 valence electrons. The maximum absolute atomic E-state index is 13.1. The van der Waals surface area contributed by atoms with Crippen LogP contribution >= 0.6 is 11.8 Å². The monoisotopic (exact) mass is 401 g/mol. The molecule has 1 amide bonds. The first-order valence-corrected chi connectivity index (χ1v) is 10.5. The molecule has 0 saturated carbocycles. The highest BCUT2D eigenvalue weighted by Gasteiger charge is 2.24. The minimum Gasteiger partial charge on any atom is -0.508 e. The third-order valence-corrected chi connectivity index (χ3v) is 6.47. The van der Waals surface area contributed by atoms with E-state index in [2.05, 4.69) is 48.6 Å². The Labute approximate surface area is 175 Å². The van der Waals surface area contributed by atoms with Crippen LogP contribution in [0.2, 0.25) is 0 Å². The van der Waals surface area contributed by atoms with Gasteiger partial charge in [-0.1, -0.05) is 48.0 Å². The predicted molar refractivity (Wildman–Crippen MR) is 120 cm³/mol. The number of hydrogen-bond donors (Lipinski definition) is 2. The summed E-state index contributed by atoms with van der Waals surface area (Å²) in [6.45, 7) is 3.95. The van der Waals surface area contributed by atoms with E-state index in [0.717, 1.165) is 16.7 Å². The average molecular weight is 402 g/mol. The lowest BCUT2D eigenvalue weighted by Gasteiger charge is -2.17. The Morgan fingerprint density at radius 2 is 1.79 bits per heavy atom. The standard InChI is InChI=1S/C25H23NO2S/c1-16-7-9-18(10-8-16)24-15-20(14-19-5-3-4-6-23(19)29-24)25(28)26-22-12-11-21(27)13-17(22)2/h3-14,24,27H,15H2,1-2H3,(H,26,28). The van der Waals surface area contributed by atoms with Crippen LogP contribution < -0.4 is 5.32 Å². The molecule has 1 unspecified atom stereocenters. The number of amides is 1. The number of thioether (sulfide) groups is 1. The van der Waals surface area contributed by atoms with Crippen LogP contribution in [0.1, 0.15) is 33.9 Å². The van der Waals surface area contributed by atoms with Crippen LogP contribution in [0.3, 0.4) is 0 Å². The van der Waals surface area contributed by atoms with Gasteiger partial charge >= 0.3 is 0 Å². The van der Waals surface area contributed by atoms with Crippen molar-refractivity contribution in [3.05, 3.63) is 94.6 Å². The normalized spacial score (nSPS) is 15.8. The van der Waals surface area contributed by atoms with Gasteiger partial charge in [0.2, 0.25) is 0 Å². The second-order valence-electron chi connectivity index (χ2n) is 7.38. The van der Waals surface area contributed by atoms with Gasteiger partial charge in [-0.3, -0.25) is 4.79 Å². The summed E-state index contributed by atoms with van der Waals surface area (Å²) in [5.74, 6) is 0.0900. The molecule has 4 heteroatoms. The number of anilines is 1. The Hall–Kier alpha value is -2.98. The predicted octanol–water partition coefficient (Wildman–Crippen LogP) is 6.27. The quantitative estimate of drug-likeness (QED) is 0.509. The number of phenolic OH excluding ortho intramolecular Hbond substituents is 1. The number of benzene rings is 3. The molecular formula is C25H23NO2S. The smallest absolute Gasteiger partial charge is 0.251 e. The third kappa shape index (κ3) is 4.38. The van der Waals surface area contributed by atoms with Crippen molar-refractivity contribution < 1.29 is 9.90 Å². The SMILES string of the molecule is Cc1ccc(C2CC(C(=O)Nc3ccc(O)cc3C)=Cc3ccccc3S2)cc1. The van der Waals surface area contributed by atoms with Gasteiger partial charge < -0.3 is 10.4 Å². The maximum Gasteiger partial charge on any atom is 0.251 e. The van der Waals surface area contributed by atoms with Crippen molar-refractivity contribution in [2.45, 2.75) is 30.4 Å². The van der Waals surface area contributed by atoms with Gasteiger partial charge in [-0.15, -0.1) is 11.8 Å². The lowest BCUT2D eigenvalue weighted by Crippen LogP contribution is -2.16. The van der Waals surface area contributed by atoms with Crippen molar-refractivity contribution in [1.82, 2.24) is 0 Å². The minimum absolute atomic E-state index is 0.104. The molecule has 0 spiro atoms. The summed E-state index contributed by atoms with van der Waals surface area (Å²) in [4.78, 5) is 14.3. The molecule has 2 N–H and O–H groups in total. The van der Waals surface area contributed by atoms with Crippen molar-refractivity contribution in [2.75, 3.05) is 5.32 Å². The van der Waals surface area contributed by atoms with Crippen LogP contribution in [0.4, 0.5) is 5.69 Å². The largest absolute Gasteiger partial charge is 0.508 e. The Kier molecular flexibility index (Phi) is 5.45. The highest BCUT2D eigenvalue weighted by Crippen LogP contribution is 2.44. The Bertz CT molecular complexity index is 1090. The molecule has 3 aromatic carbocycles. The average Bonchev–Trinajstić information content (AvgIpc) is 2.90. The van der Waals surface area contributed by atoms with Gasteiger partial charge in [0.15, 0.2) is 0 Å².